The Hall–Kier alpha value is -3.78. The summed E-state index contributed by atoms with van der Waals surface area (Å²) in [5.74, 6) is 1.71. The van der Waals surface area contributed by atoms with E-state index >= 15 is 0 Å². The molecule has 4 aliphatic heterocycles. The first-order chi connectivity index (χ1) is 16.8. The standard InChI is InChI=1S/C26H25N7O/c1-34-25-7-4-17(10-29-25)14-32-19-9-20(32)16-31(15-19)24-6-5-18(11-28-24)21-3-2-8-33-26(21)22-12-27-13-23(22)30-33/h2-8,10-12,19-20H,9,13-16H2,1H3. The molecule has 0 N–H and O–H groups in total. The summed E-state index contributed by atoms with van der Waals surface area (Å²) in [5, 5.41) is 4.68. The number of hydrogen-bond donors (Lipinski definition) is 0. The highest BCUT2D eigenvalue weighted by molar-refractivity contribution is 5.99. The molecule has 2 unspecified atom stereocenters. The number of aliphatic imine (C=N–C) groups is 1. The number of hydrogen-bond acceptors (Lipinski definition) is 7. The van der Waals surface area contributed by atoms with Gasteiger partial charge in [-0.05, 0) is 30.2 Å². The zero-order valence-electron chi connectivity index (χ0n) is 19.0. The Balaban J connectivity index is 1.08. The Morgan fingerprint density at radius 3 is 2.71 bits per heavy atom. The van der Waals surface area contributed by atoms with Crippen molar-refractivity contribution in [3.63, 3.8) is 0 Å². The summed E-state index contributed by atoms with van der Waals surface area (Å²) in [6, 6.07) is 13.7. The molecule has 170 valence electrons. The lowest BCUT2D eigenvalue weighted by atomic mass is 9.87. The van der Waals surface area contributed by atoms with Gasteiger partial charge in [-0.15, -0.1) is 0 Å². The predicted octanol–water partition coefficient (Wildman–Crippen LogP) is 3.20. The van der Waals surface area contributed by atoms with E-state index in [0.29, 0.717) is 24.5 Å². The van der Waals surface area contributed by atoms with Crippen LogP contribution in [0.15, 0.2) is 60.0 Å². The van der Waals surface area contributed by atoms with Crippen molar-refractivity contribution in [2.45, 2.75) is 31.6 Å². The molecule has 3 saturated heterocycles. The summed E-state index contributed by atoms with van der Waals surface area (Å²) in [6.07, 6.45) is 9.12. The van der Waals surface area contributed by atoms with E-state index in [1.54, 1.807) is 7.11 Å². The van der Waals surface area contributed by atoms with Gasteiger partial charge in [0.15, 0.2) is 0 Å². The molecule has 8 rings (SSSR count). The molecule has 8 heterocycles. The minimum Gasteiger partial charge on any atom is -0.481 e. The molecule has 8 nitrogen and oxygen atoms in total. The topological polar surface area (TPSA) is 71.2 Å². The zero-order chi connectivity index (χ0) is 22.6. The molecule has 0 radical (unpaired) electrons. The second-order valence-corrected chi connectivity index (χ2v) is 9.28. The van der Waals surface area contributed by atoms with Crippen LogP contribution < -0.4 is 9.64 Å². The summed E-state index contributed by atoms with van der Waals surface area (Å²) in [7, 11) is 1.65. The fraction of sp³-hybridized carbons (Fsp3) is 0.308. The van der Waals surface area contributed by atoms with Gasteiger partial charge in [0.05, 0.1) is 24.9 Å². The minimum atomic E-state index is 0.560. The van der Waals surface area contributed by atoms with Gasteiger partial charge >= 0.3 is 0 Å². The number of piperidine rings is 1. The van der Waals surface area contributed by atoms with Gasteiger partial charge in [0.2, 0.25) is 5.88 Å². The molecule has 2 atom stereocenters. The van der Waals surface area contributed by atoms with Crippen LogP contribution in [0.25, 0.3) is 16.6 Å². The molecule has 0 aromatic carbocycles. The van der Waals surface area contributed by atoms with Crippen LogP contribution in [-0.2, 0) is 13.1 Å². The van der Waals surface area contributed by atoms with Crippen LogP contribution in [0.4, 0.5) is 5.82 Å². The summed E-state index contributed by atoms with van der Waals surface area (Å²) >= 11 is 0. The summed E-state index contributed by atoms with van der Waals surface area (Å²) in [4.78, 5) is 18.6. The molecule has 3 fully saturated rings. The number of aromatic nitrogens is 4. The molecule has 4 aromatic heterocycles. The van der Waals surface area contributed by atoms with E-state index in [1.165, 1.54) is 12.0 Å². The van der Waals surface area contributed by atoms with Gasteiger partial charge in [0.25, 0.3) is 0 Å². The third kappa shape index (κ3) is 3.09. The Morgan fingerprint density at radius 1 is 1.03 bits per heavy atom. The Labute approximate surface area is 197 Å². The van der Waals surface area contributed by atoms with Crippen molar-refractivity contribution in [2.24, 2.45) is 4.99 Å². The molecular weight excluding hydrogens is 426 g/mol. The molecule has 0 amide bonds. The third-order valence-electron chi connectivity index (χ3n) is 7.33. The van der Waals surface area contributed by atoms with Crippen molar-refractivity contribution in [1.82, 2.24) is 24.5 Å². The normalized spacial score (nSPS) is 21.0. The number of methoxy groups -OCH3 is 1. The van der Waals surface area contributed by atoms with Crippen LogP contribution in [0, 0.1) is 0 Å². The maximum Gasteiger partial charge on any atom is 0.212 e. The van der Waals surface area contributed by atoms with Crippen LogP contribution in [0.1, 0.15) is 23.2 Å². The van der Waals surface area contributed by atoms with E-state index < -0.39 is 0 Å². The second kappa shape index (κ2) is 7.63. The van der Waals surface area contributed by atoms with Gasteiger partial charge in [-0.2, -0.15) is 5.10 Å². The Bertz CT molecular complexity index is 1380. The van der Waals surface area contributed by atoms with Crippen molar-refractivity contribution < 1.29 is 4.74 Å². The second-order valence-electron chi connectivity index (χ2n) is 9.28. The van der Waals surface area contributed by atoms with Crippen molar-refractivity contribution in [3.05, 3.63) is 71.8 Å². The van der Waals surface area contributed by atoms with Crippen LogP contribution in [-0.4, -0.2) is 63.0 Å². The van der Waals surface area contributed by atoms with Crippen LogP contribution in [0.3, 0.4) is 0 Å². The number of rotatable bonds is 5. The van der Waals surface area contributed by atoms with E-state index in [2.05, 4.69) is 49.1 Å². The number of ether oxygens (including phenoxy) is 1. The average molecular weight is 452 g/mol. The molecule has 4 aromatic rings. The number of piperazine rings is 1. The lowest BCUT2D eigenvalue weighted by Gasteiger charge is -2.56. The van der Waals surface area contributed by atoms with Gasteiger partial charge in [0, 0.05) is 79.3 Å². The van der Waals surface area contributed by atoms with Crippen LogP contribution >= 0.6 is 0 Å². The zero-order valence-corrected chi connectivity index (χ0v) is 19.0. The Kier molecular flexibility index (Phi) is 4.41. The molecule has 0 saturated carbocycles. The first-order valence-electron chi connectivity index (χ1n) is 11.7. The number of anilines is 1. The fourth-order valence-corrected chi connectivity index (χ4v) is 5.58. The summed E-state index contributed by atoms with van der Waals surface area (Å²) in [5.41, 5.74) is 6.76. The SMILES string of the molecule is COc1ccc(CN2C3CC2CN(c2ccc(-c4cccn5nc6c(c45)C=NC6)cn2)C3)cn1. The molecule has 4 aliphatic rings. The van der Waals surface area contributed by atoms with Crippen molar-refractivity contribution in [1.29, 1.82) is 0 Å². The highest BCUT2D eigenvalue weighted by Crippen LogP contribution is 2.36. The van der Waals surface area contributed by atoms with E-state index in [4.69, 9.17) is 9.72 Å². The number of nitrogens with zero attached hydrogens (tertiary/aromatic N) is 7. The van der Waals surface area contributed by atoms with Gasteiger partial charge in [-0.25, -0.2) is 14.5 Å². The van der Waals surface area contributed by atoms with E-state index in [1.807, 2.05) is 41.5 Å². The molecule has 2 bridgehead atoms. The number of fused-ring (bicyclic) bond motifs is 5. The van der Waals surface area contributed by atoms with E-state index in [9.17, 15) is 0 Å². The van der Waals surface area contributed by atoms with Gasteiger partial charge < -0.3 is 9.64 Å². The number of pyridine rings is 3. The lowest BCUT2D eigenvalue weighted by molar-refractivity contribution is -0.00876. The quantitative estimate of drug-likeness (QED) is 0.464. The molecular formula is C26H25N7O. The molecule has 34 heavy (non-hydrogen) atoms. The van der Waals surface area contributed by atoms with Crippen LogP contribution in [0.2, 0.25) is 0 Å². The highest BCUT2D eigenvalue weighted by atomic mass is 16.5. The maximum absolute atomic E-state index is 5.18. The van der Waals surface area contributed by atoms with Crippen molar-refractivity contribution in [2.75, 3.05) is 25.1 Å². The molecule has 0 aliphatic carbocycles. The van der Waals surface area contributed by atoms with Gasteiger partial charge in [-0.3, -0.25) is 9.89 Å². The third-order valence-corrected chi connectivity index (χ3v) is 7.33. The monoisotopic (exact) mass is 451 g/mol. The molecule has 0 spiro atoms. The van der Waals surface area contributed by atoms with E-state index in [-0.39, 0.29) is 0 Å². The maximum atomic E-state index is 5.18. The van der Waals surface area contributed by atoms with Crippen LogP contribution in [0.5, 0.6) is 5.88 Å². The fourth-order valence-electron chi connectivity index (χ4n) is 5.58. The largest absolute Gasteiger partial charge is 0.481 e. The van der Waals surface area contributed by atoms with Gasteiger partial charge in [0.1, 0.15) is 5.82 Å². The highest BCUT2D eigenvalue weighted by Gasteiger charge is 2.44. The molecule has 8 heteroatoms. The summed E-state index contributed by atoms with van der Waals surface area (Å²) < 4.78 is 7.14. The van der Waals surface area contributed by atoms with Crippen molar-refractivity contribution >= 4 is 17.5 Å². The first kappa shape index (κ1) is 19.7. The average Bonchev–Trinajstić information content (AvgIpc) is 3.49. The lowest BCUT2D eigenvalue weighted by Crippen LogP contribution is -2.68. The predicted molar refractivity (Wildman–Crippen MR) is 130 cm³/mol. The van der Waals surface area contributed by atoms with E-state index in [0.717, 1.165) is 53.4 Å². The van der Waals surface area contributed by atoms with Crippen molar-refractivity contribution in [3.8, 4) is 17.0 Å². The first-order valence-corrected chi connectivity index (χ1v) is 11.7. The Morgan fingerprint density at radius 2 is 1.94 bits per heavy atom. The minimum absolute atomic E-state index is 0.560. The van der Waals surface area contributed by atoms with Gasteiger partial charge in [-0.1, -0.05) is 12.1 Å². The smallest absolute Gasteiger partial charge is 0.212 e. The summed E-state index contributed by atoms with van der Waals surface area (Å²) in [6.45, 7) is 3.62.